The van der Waals surface area contributed by atoms with E-state index < -0.39 is 0 Å². The van der Waals surface area contributed by atoms with Crippen LogP contribution in [0.2, 0.25) is 0 Å². The van der Waals surface area contributed by atoms with Gasteiger partial charge in [0.2, 0.25) is 0 Å². The smallest absolute Gasteiger partial charge is 0.322 e. The number of halogens is 1. The van der Waals surface area contributed by atoms with Gasteiger partial charge in [0.1, 0.15) is 11.6 Å². The number of ether oxygens (including phenoxy) is 1. The molecule has 5 heteroatoms. The van der Waals surface area contributed by atoms with Crippen LogP contribution in [0.25, 0.3) is 0 Å². The average Bonchev–Trinajstić information content (AvgIpc) is 3.25. The molecule has 1 fully saturated rings. The maximum atomic E-state index is 13.1. The molecule has 1 aliphatic carbocycles. The summed E-state index contributed by atoms with van der Waals surface area (Å²) in [5, 5.41) is 3.44. The molecule has 110 valence electrons. The van der Waals surface area contributed by atoms with E-state index in [9.17, 15) is 4.39 Å². The lowest BCUT2D eigenvalue weighted by Gasteiger charge is -2.10. The maximum absolute atomic E-state index is 13.1. The number of nitrogens with zero attached hydrogens (tertiary/aromatic N) is 2. The van der Waals surface area contributed by atoms with Crippen molar-refractivity contribution in [1.29, 1.82) is 0 Å². The van der Waals surface area contributed by atoms with Gasteiger partial charge < -0.3 is 10.1 Å². The maximum Gasteiger partial charge on any atom is 0.322 e. The quantitative estimate of drug-likeness (QED) is 0.916. The van der Waals surface area contributed by atoms with Gasteiger partial charge in [-0.1, -0.05) is 0 Å². The van der Waals surface area contributed by atoms with Crippen molar-refractivity contribution in [2.24, 2.45) is 0 Å². The molecular formula is C16H18FN3O. The van der Waals surface area contributed by atoms with Gasteiger partial charge in [-0.15, -0.1) is 0 Å². The van der Waals surface area contributed by atoms with Crippen molar-refractivity contribution in [1.82, 2.24) is 15.3 Å². The van der Waals surface area contributed by atoms with Gasteiger partial charge in [-0.2, -0.15) is 4.98 Å². The van der Waals surface area contributed by atoms with Gasteiger partial charge in [0.15, 0.2) is 0 Å². The molecule has 2 aromatic rings. The molecule has 0 unspecified atom stereocenters. The van der Waals surface area contributed by atoms with Crippen LogP contribution in [0, 0.1) is 19.7 Å². The summed E-state index contributed by atoms with van der Waals surface area (Å²) in [7, 11) is 0. The van der Waals surface area contributed by atoms with Crippen molar-refractivity contribution in [3.8, 4) is 11.8 Å². The third-order valence-electron chi connectivity index (χ3n) is 3.56. The summed E-state index contributed by atoms with van der Waals surface area (Å²) in [4.78, 5) is 8.59. The number of nitrogens with one attached hydrogen (secondary N) is 1. The molecule has 0 spiro atoms. The fraction of sp³-hybridized carbons (Fsp3) is 0.375. The van der Waals surface area contributed by atoms with Gasteiger partial charge in [-0.3, -0.25) is 0 Å². The first-order valence-corrected chi connectivity index (χ1v) is 7.12. The van der Waals surface area contributed by atoms with Crippen LogP contribution < -0.4 is 10.1 Å². The zero-order valence-electron chi connectivity index (χ0n) is 12.2. The van der Waals surface area contributed by atoms with Gasteiger partial charge in [0.05, 0.1) is 0 Å². The summed E-state index contributed by atoms with van der Waals surface area (Å²) >= 11 is 0. The van der Waals surface area contributed by atoms with Crippen LogP contribution in [0.3, 0.4) is 0 Å². The Morgan fingerprint density at radius 3 is 2.81 bits per heavy atom. The molecule has 1 heterocycles. The highest BCUT2D eigenvalue weighted by Crippen LogP contribution is 2.24. The van der Waals surface area contributed by atoms with Crippen LogP contribution >= 0.6 is 0 Å². The van der Waals surface area contributed by atoms with E-state index >= 15 is 0 Å². The third-order valence-corrected chi connectivity index (χ3v) is 3.56. The van der Waals surface area contributed by atoms with Gasteiger partial charge in [0.25, 0.3) is 0 Å². The molecule has 0 atom stereocenters. The Morgan fingerprint density at radius 1 is 1.33 bits per heavy atom. The molecule has 0 aliphatic heterocycles. The minimum atomic E-state index is -0.279. The molecule has 21 heavy (non-hydrogen) atoms. The molecule has 0 bridgehead atoms. The van der Waals surface area contributed by atoms with Crippen LogP contribution in [-0.4, -0.2) is 16.0 Å². The first-order valence-electron chi connectivity index (χ1n) is 7.12. The number of benzene rings is 1. The van der Waals surface area contributed by atoms with Crippen LogP contribution in [0.4, 0.5) is 4.39 Å². The summed E-state index contributed by atoms with van der Waals surface area (Å²) in [6.45, 7) is 4.52. The van der Waals surface area contributed by atoms with E-state index in [4.69, 9.17) is 4.74 Å². The Hall–Kier alpha value is -2.01. The minimum absolute atomic E-state index is 0.279. The second kappa shape index (κ2) is 5.77. The van der Waals surface area contributed by atoms with Crippen molar-refractivity contribution in [2.75, 3.05) is 0 Å². The van der Waals surface area contributed by atoms with Crippen LogP contribution in [0.15, 0.2) is 24.4 Å². The standard InChI is InChI=1S/C16H18FN3O/c1-10-7-13(17)3-6-15(10)21-16-19-9-12(11(2)20-16)8-18-14-4-5-14/h3,6-7,9,14,18H,4-5,8H2,1-2H3. The predicted octanol–water partition coefficient (Wildman–Crippen LogP) is 3.28. The van der Waals surface area contributed by atoms with E-state index in [1.807, 2.05) is 6.92 Å². The molecule has 0 radical (unpaired) electrons. The molecule has 0 saturated heterocycles. The van der Waals surface area contributed by atoms with E-state index in [1.54, 1.807) is 19.2 Å². The zero-order chi connectivity index (χ0) is 14.8. The van der Waals surface area contributed by atoms with E-state index in [-0.39, 0.29) is 11.8 Å². The van der Waals surface area contributed by atoms with Gasteiger partial charge >= 0.3 is 6.01 Å². The van der Waals surface area contributed by atoms with Crippen LogP contribution in [0.1, 0.15) is 29.7 Å². The monoisotopic (exact) mass is 287 g/mol. The predicted molar refractivity (Wildman–Crippen MR) is 77.8 cm³/mol. The molecule has 3 rings (SSSR count). The topological polar surface area (TPSA) is 47.0 Å². The highest BCUT2D eigenvalue weighted by molar-refractivity contribution is 5.34. The highest BCUT2D eigenvalue weighted by atomic mass is 19.1. The molecule has 1 aromatic carbocycles. The minimum Gasteiger partial charge on any atom is -0.424 e. The average molecular weight is 287 g/mol. The van der Waals surface area contributed by atoms with E-state index in [2.05, 4.69) is 15.3 Å². The number of aryl methyl sites for hydroxylation is 2. The second-order valence-corrected chi connectivity index (χ2v) is 5.43. The Morgan fingerprint density at radius 2 is 2.14 bits per heavy atom. The highest BCUT2D eigenvalue weighted by Gasteiger charge is 2.20. The largest absolute Gasteiger partial charge is 0.424 e. The number of hydrogen-bond donors (Lipinski definition) is 1. The Labute approximate surface area is 123 Å². The van der Waals surface area contributed by atoms with E-state index in [0.29, 0.717) is 11.8 Å². The lowest BCUT2D eigenvalue weighted by Crippen LogP contribution is -2.16. The summed E-state index contributed by atoms with van der Waals surface area (Å²) in [6.07, 6.45) is 4.29. The van der Waals surface area contributed by atoms with Crippen molar-refractivity contribution in [3.05, 3.63) is 47.0 Å². The first kappa shape index (κ1) is 13.9. The lowest BCUT2D eigenvalue weighted by atomic mass is 10.2. The SMILES string of the molecule is Cc1cc(F)ccc1Oc1ncc(CNC2CC2)c(C)n1. The molecule has 1 saturated carbocycles. The van der Waals surface area contributed by atoms with Crippen molar-refractivity contribution >= 4 is 0 Å². The van der Waals surface area contributed by atoms with E-state index in [0.717, 1.165) is 23.4 Å². The summed E-state index contributed by atoms with van der Waals surface area (Å²) in [5.41, 5.74) is 2.69. The fourth-order valence-corrected chi connectivity index (χ4v) is 2.06. The molecule has 4 nitrogen and oxygen atoms in total. The Balaban J connectivity index is 1.71. The first-order chi connectivity index (χ1) is 10.1. The Kier molecular flexibility index (Phi) is 3.84. The number of aromatic nitrogens is 2. The van der Waals surface area contributed by atoms with Crippen molar-refractivity contribution < 1.29 is 9.13 Å². The van der Waals surface area contributed by atoms with Crippen molar-refractivity contribution in [3.63, 3.8) is 0 Å². The van der Waals surface area contributed by atoms with Crippen molar-refractivity contribution in [2.45, 2.75) is 39.3 Å². The van der Waals surface area contributed by atoms with Crippen LogP contribution in [-0.2, 0) is 6.54 Å². The normalized spacial score (nSPS) is 14.2. The fourth-order valence-electron chi connectivity index (χ4n) is 2.06. The second-order valence-electron chi connectivity index (χ2n) is 5.43. The number of hydrogen-bond acceptors (Lipinski definition) is 4. The molecule has 1 N–H and O–H groups in total. The molecular weight excluding hydrogens is 269 g/mol. The number of rotatable bonds is 5. The van der Waals surface area contributed by atoms with Crippen LogP contribution in [0.5, 0.6) is 11.8 Å². The van der Waals surface area contributed by atoms with Gasteiger partial charge in [0, 0.05) is 30.0 Å². The Bertz CT molecular complexity index is 656. The van der Waals surface area contributed by atoms with Gasteiger partial charge in [-0.25, -0.2) is 9.37 Å². The summed E-state index contributed by atoms with van der Waals surface area (Å²) in [5.74, 6) is 0.290. The molecule has 1 aromatic heterocycles. The molecule has 1 aliphatic rings. The zero-order valence-corrected chi connectivity index (χ0v) is 12.2. The third kappa shape index (κ3) is 3.55. The summed E-state index contributed by atoms with van der Waals surface area (Å²) in [6, 6.07) is 5.32. The lowest BCUT2D eigenvalue weighted by molar-refractivity contribution is 0.434. The van der Waals surface area contributed by atoms with E-state index in [1.165, 1.54) is 25.0 Å². The molecule has 0 amide bonds. The van der Waals surface area contributed by atoms with Gasteiger partial charge in [-0.05, 0) is 50.5 Å². The summed E-state index contributed by atoms with van der Waals surface area (Å²) < 4.78 is 18.7.